The van der Waals surface area contributed by atoms with E-state index in [9.17, 15) is 0 Å². The van der Waals surface area contributed by atoms with E-state index in [1.807, 2.05) is 6.07 Å². The Morgan fingerprint density at radius 3 is 1.71 bits per heavy atom. The van der Waals surface area contributed by atoms with Crippen molar-refractivity contribution in [1.82, 2.24) is 4.98 Å². The molecule has 3 aliphatic heterocycles. The normalized spacial score (nSPS) is 20.9. The molecule has 0 saturated heterocycles. The van der Waals surface area contributed by atoms with Crippen molar-refractivity contribution in [3.63, 3.8) is 0 Å². The van der Waals surface area contributed by atoms with Crippen molar-refractivity contribution in [2.75, 3.05) is 0 Å². The van der Waals surface area contributed by atoms with E-state index in [2.05, 4.69) is 143 Å². The van der Waals surface area contributed by atoms with Crippen molar-refractivity contribution < 1.29 is 4.74 Å². The van der Waals surface area contributed by atoms with Crippen molar-refractivity contribution in [1.29, 1.82) is 0 Å². The van der Waals surface area contributed by atoms with Gasteiger partial charge in [0.25, 0.3) is 0 Å². The maximum Gasteiger partial charge on any atom is 0.148 e. The van der Waals surface area contributed by atoms with Crippen molar-refractivity contribution in [2.24, 2.45) is 0 Å². The first-order valence-corrected chi connectivity index (χ1v) is 13.6. The van der Waals surface area contributed by atoms with Crippen LogP contribution in [0.1, 0.15) is 33.4 Å². The summed E-state index contributed by atoms with van der Waals surface area (Å²) in [6, 6.07) is 47.0. The van der Waals surface area contributed by atoms with Gasteiger partial charge in [-0.25, -0.2) is 4.98 Å². The van der Waals surface area contributed by atoms with Gasteiger partial charge in [-0.15, -0.1) is 0 Å². The van der Waals surface area contributed by atoms with Gasteiger partial charge in [-0.05, 0) is 43.7 Å². The van der Waals surface area contributed by atoms with Gasteiger partial charge in [0.05, 0.1) is 5.69 Å². The number of halogens is 1. The summed E-state index contributed by atoms with van der Waals surface area (Å²) in [7, 11) is 0. The maximum absolute atomic E-state index is 7.51. The molecule has 4 aliphatic rings. The molecule has 0 fully saturated rings. The Balaban J connectivity index is 1.54. The summed E-state index contributed by atoms with van der Waals surface area (Å²) in [4.78, 5) is 5.22. The Morgan fingerprint density at radius 1 is 0.526 bits per heavy atom. The minimum absolute atomic E-state index is 0.743. The maximum atomic E-state index is 7.51. The lowest BCUT2D eigenvalue weighted by atomic mass is 9.68. The Labute approximate surface area is 230 Å². The number of aromatic nitrogens is 1. The highest BCUT2D eigenvalue weighted by Crippen LogP contribution is 2.67. The first-order valence-electron chi connectivity index (χ1n) is 12.8. The van der Waals surface area contributed by atoms with Crippen molar-refractivity contribution in [3.05, 3.63) is 171 Å². The molecule has 3 heterocycles. The lowest BCUT2D eigenvalue weighted by Crippen LogP contribution is -2.27. The molecular formula is C35H22BrNO. The molecule has 0 N–H and O–H groups in total. The highest BCUT2D eigenvalue weighted by Gasteiger charge is 2.65. The Morgan fingerprint density at radius 2 is 1.05 bits per heavy atom. The zero-order valence-electron chi connectivity index (χ0n) is 20.4. The first-order chi connectivity index (χ1) is 18.7. The number of benzene rings is 4. The van der Waals surface area contributed by atoms with Crippen LogP contribution in [0.4, 0.5) is 0 Å². The standard InChI is InChI=1S/C35H22BrNO/c36-33-30(23-13-4-1-5-14-23)26-19-12-22-29-31(32(26)37-33)35(25-17-8-3-9-18-25)28-21-11-10-20-27(28)34(29,38-35)24-15-6-2-7-16-24/h1-22H. The monoisotopic (exact) mass is 551 g/mol. The molecule has 2 unspecified atom stereocenters. The fourth-order valence-electron chi connectivity index (χ4n) is 6.67. The molecule has 0 radical (unpaired) electrons. The second-order valence-corrected chi connectivity index (χ2v) is 10.7. The number of hydrogen-bond donors (Lipinski definition) is 0. The van der Waals surface area contributed by atoms with E-state index in [-0.39, 0.29) is 0 Å². The van der Waals surface area contributed by atoms with Gasteiger partial charge in [0.2, 0.25) is 0 Å². The second kappa shape index (κ2) is 7.97. The predicted molar refractivity (Wildman–Crippen MR) is 154 cm³/mol. The van der Waals surface area contributed by atoms with Gasteiger partial charge in [-0.2, -0.15) is 0 Å². The lowest BCUT2D eigenvalue weighted by molar-refractivity contribution is -0.0257. The molecule has 180 valence electrons. The predicted octanol–water partition coefficient (Wildman–Crippen LogP) is 8.54. The molecule has 4 aromatic carbocycles. The number of rotatable bonds is 3. The number of hydrogen-bond acceptors (Lipinski definition) is 2. The van der Waals surface area contributed by atoms with E-state index in [4.69, 9.17) is 9.72 Å². The smallest absolute Gasteiger partial charge is 0.148 e. The number of ether oxygens (including phenoxy) is 1. The average Bonchev–Trinajstić information content (AvgIpc) is 3.53. The molecule has 0 saturated carbocycles. The largest absolute Gasteiger partial charge is 0.340 e. The quantitative estimate of drug-likeness (QED) is 0.220. The topological polar surface area (TPSA) is 22.1 Å². The van der Waals surface area contributed by atoms with Crippen molar-refractivity contribution in [2.45, 2.75) is 11.2 Å². The SMILES string of the molecule is Brc1nc2c3c(cccc-2c1-c1ccccc1)C1(c2ccccc2)OC3(c2ccccc2)c2ccccc21. The molecule has 8 rings (SSSR count). The van der Waals surface area contributed by atoms with Crippen LogP contribution in [0.5, 0.6) is 0 Å². The van der Waals surface area contributed by atoms with Gasteiger partial charge >= 0.3 is 0 Å². The van der Waals surface area contributed by atoms with Crippen LogP contribution in [-0.4, -0.2) is 4.98 Å². The minimum atomic E-state index is -0.797. The third kappa shape index (κ3) is 2.68. The molecular weight excluding hydrogens is 530 g/mol. The Kier molecular flexibility index (Phi) is 4.61. The van der Waals surface area contributed by atoms with E-state index >= 15 is 0 Å². The van der Waals surface area contributed by atoms with Crippen LogP contribution < -0.4 is 0 Å². The number of nitrogens with zero attached hydrogens (tertiary/aromatic N) is 1. The Hall–Kier alpha value is -4.05. The lowest BCUT2D eigenvalue weighted by Gasteiger charge is -2.30. The second-order valence-electron chi connectivity index (χ2n) is 9.96. The summed E-state index contributed by atoms with van der Waals surface area (Å²) in [5, 5.41) is 0. The van der Waals surface area contributed by atoms with Gasteiger partial charge in [0.1, 0.15) is 15.8 Å². The first kappa shape index (κ1) is 22.0. The van der Waals surface area contributed by atoms with Gasteiger partial charge < -0.3 is 4.74 Å². The van der Waals surface area contributed by atoms with Crippen molar-refractivity contribution >= 4 is 15.9 Å². The summed E-state index contributed by atoms with van der Waals surface area (Å²) in [6.07, 6.45) is 0. The molecule has 2 nitrogen and oxygen atoms in total. The molecule has 3 heteroatoms. The van der Waals surface area contributed by atoms with Crippen molar-refractivity contribution in [3.8, 4) is 22.4 Å². The van der Waals surface area contributed by atoms with Crippen LogP contribution in [0.25, 0.3) is 22.4 Å². The molecule has 0 aromatic heterocycles. The average molecular weight is 552 g/mol. The molecule has 4 aromatic rings. The zero-order chi connectivity index (χ0) is 25.3. The molecule has 0 amide bonds. The highest BCUT2D eigenvalue weighted by atomic mass is 79.9. The van der Waals surface area contributed by atoms with Crippen LogP contribution in [0, 0.1) is 0 Å². The molecule has 2 bridgehead atoms. The number of fused-ring (bicyclic) bond motifs is 10. The van der Waals surface area contributed by atoms with Gasteiger partial charge in [0.15, 0.2) is 0 Å². The van der Waals surface area contributed by atoms with Crippen LogP contribution in [0.2, 0.25) is 0 Å². The van der Waals surface area contributed by atoms with E-state index < -0.39 is 11.2 Å². The van der Waals surface area contributed by atoms with Gasteiger partial charge in [-0.1, -0.05) is 133 Å². The summed E-state index contributed by atoms with van der Waals surface area (Å²) >= 11 is 3.84. The molecule has 1 aliphatic carbocycles. The summed E-state index contributed by atoms with van der Waals surface area (Å²) < 4.78 is 8.36. The minimum Gasteiger partial charge on any atom is -0.340 e. The fraction of sp³-hybridized carbons (Fsp3) is 0.0571. The third-order valence-electron chi connectivity index (χ3n) is 8.12. The highest BCUT2D eigenvalue weighted by molar-refractivity contribution is 9.10. The van der Waals surface area contributed by atoms with Gasteiger partial charge in [-0.3, -0.25) is 0 Å². The van der Waals surface area contributed by atoms with E-state index in [1.54, 1.807) is 0 Å². The van der Waals surface area contributed by atoms with Crippen LogP contribution in [0.3, 0.4) is 0 Å². The summed E-state index contributed by atoms with van der Waals surface area (Å²) in [6.45, 7) is 0. The zero-order valence-corrected chi connectivity index (χ0v) is 22.0. The third-order valence-corrected chi connectivity index (χ3v) is 8.69. The van der Waals surface area contributed by atoms with Crippen LogP contribution >= 0.6 is 15.9 Å². The van der Waals surface area contributed by atoms with E-state index in [0.29, 0.717) is 0 Å². The molecule has 38 heavy (non-hydrogen) atoms. The fourth-order valence-corrected chi connectivity index (χ4v) is 7.29. The van der Waals surface area contributed by atoms with E-state index in [1.165, 1.54) is 11.1 Å². The Bertz CT molecular complexity index is 1800. The molecule has 2 atom stereocenters. The molecule has 0 spiro atoms. The summed E-state index contributed by atoms with van der Waals surface area (Å²) in [5.74, 6) is 0. The van der Waals surface area contributed by atoms with E-state index in [0.717, 1.165) is 49.2 Å². The summed E-state index contributed by atoms with van der Waals surface area (Å²) in [5.41, 5.74) is 9.64. The van der Waals surface area contributed by atoms with Crippen LogP contribution in [0.15, 0.2) is 138 Å². The van der Waals surface area contributed by atoms with Gasteiger partial charge in [0, 0.05) is 22.3 Å². The van der Waals surface area contributed by atoms with Crippen LogP contribution in [-0.2, 0) is 15.9 Å².